The van der Waals surface area contributed by atoms with Crippen molar-refractivity contribution in [2.24, 2.45) is 18.4 Å². The highest BCUT2D eigenvalue weighted by molar-refractivity contribution is 6.43. The van der Waals surface area contributed by atoms with Crippen LogP contribution >= 0.6 is 0 Å². The molecule has 0 saturated heterocycles. The summed E-state index contributed by atoms with van der Waals surface area (Å²) in [6.45, 7) is 10.3. The molecule has 1 aromatic rings. The average Bonchev–Trinajstić information content (AvgIpc) is 2.76. The van der Waals surface area contributed by atoms with Gasteiger partial charge in [0.05, 0.1) is 16.9 Å². The van der Waals surface area contributed by atoms with Gasteiger partial charge >= 0.3 is 0 Å². The number of ketones is 1. The van der Waals surface area contributed by atoms with E-state index < -0.39 is 17.3 Å². The Balaban J connectivity index is 1.95. The van der Waals surface area contributed by atoms with Gasteiger partial charge in [-0.05, 0) is 50.9 Å². The third-order valence-electron chi connectivity index (χ3n) is 5.66. The van der Waals surface area contributed by atoms with Gasteiger partial charge in [-0.15, -0.1) is 0 Å². The minimum Gasteiger partial charge on any atom is -0.388 e. The Labute approximate surface area is 150 Å². The monoisotopic (exact) mass is 349 g/mol. The van der Waals surface area contributed by atoms with E-state index >= 15 is 0 Å². The smallest absolute Gasteiger partial charge is 0.292 e. The SMILES string of the molecule is Cc1nn(C)c(C)c1C(=O)C(=O)NCC1(O)CCC(C(C)(C)C)CC1. The number of aliphatic hydroxyl groups is 1. The van der Waals surface area contributed by atoms with Crippen LogP contribution in [0.4, 0.5) is 0 Å². The molecule has 0 unspecified atom stereocenters. The first-order chi connectivity index (χ1) is 11.4. The van der Waals surface area contributed by atoms with E-state index in [4.69, 9.17) is 0 Å². The first-order valence-electron chi connectivity index (χ1n) is 9.00. The third-order valence-corrected chi connectivity index (χ3v) is 5.66. The molecule has 0 radical (unpaired) electrons. The van der Waals surface area contributed by atoms with Crippen LogP contribution in [0.5, 0.6) is 0 Å². The van der Waals surface area contributed by atoms with Gasteiger partial charge in [0.25, 0.3) is 11.7 Å². The summed E-state index contributed by atoms with van der Waals surface area (Å²) in [6, 6.07) is 0. The van der Waals surface area contributed by atoms with Crippen molar-refractivity contribution in [2.75, 3.05) is 6.54 Å². The fourth-order valence-corrected chi connectivity index (χ4v) is 3.74. The minimum atomic E-state index is -0.920. The molecule has 1 saturated carbocycles. The molecule has 2 N–H and O–H groups in total. The van der Waals surface area contributed by atoms with Crippen LogP contribution in [0.2, 0.25) is 0 Å². The first kappa shape index (κ1) is 19.6. The molecule has 2 rings (SSSR count). The number of aromatic nitrogens is 2. The average molecular weight is 349 g/mol. The van der Waals surface area contributed by atoms with Crippen molar-refractivity contribution >= 4 is 11.7 Å². The largest absolute Gasteiger partial charge is 0.388 e. The molecule has 1 fully saturated rings. The predicted octanol–water partition coefficient (Wildman–Crippen LogP) is 2.30. The Morgan fingerprint density at radius 1 is 1.28 bits per heavy atom. The summed E-state index contributed by atoms with van der Waals surface area (Å²) in [6.07, 6.45) is 3.16. The van der Waals surface area contributed by atoms with Crippen LogP contribution in [-0.4, -0.2) is 38.7 Å². The van der Waals surface area contributed by atoms with Crippen molar-refractivity contribution in [3.8, 4) is 0 Å². The molecule has 0 bridgehead atoms. The molecule has 6 nitrogen and oxygen atoms in total. The fraction of sp³-hybridized carbons (Fsp3) is 0.737. The maximum Gasteiger partial charge on any atom is 0.292 e. The lowest BCUT2D eigenvalue weighted by Crippen LogP contribution is -2.48. The van der Waals surface area contributed by atoms with Gasteiger partial charge in [-0.25, -0.2) is 0 Å². The van der Waals surface area contributed by atoms with Crippen molar-refractivity contribution in [2.45, 2.75) is 65.9 Å². The summed E-state index contributed by atoms with van der Waals surface area (Å²) in [7, 11) is 1.74. The van der Waals surface area contributed by atoms with Crippen molar-refractivity contribution in [1.82, 2.24) is 15.1 Å². The number of nitrogens with one attached hydrogen (secondary N) is 1. The number of hydrogen-bond donors (Lipinski definition) is 2. The lowest BCUT2D eigenvalue weighted by Gasteiger charge is -2.41. The second-order valence-corrected chi connectivity index (χ2v) is 8.55. The van der Waals surface area contributed by atoms with Crippen molar-refractivity contribution < 1.29 is 14.7 Å². The van der Waals surface area contributed by atoms with Gasteiger partial charge in [-0.3, -0.25) is 14.3 Å². The highest BCUT2D eigenvalue weighted by atomic mass is 16.3. The molecule has 140 valence electrons. The van der Waals surface area contributed by atoms with Crippen LogP contribution in [-0.2, 0) is 11.8 Å². The first-order valence-corrected chi connectivity index (χ1v) is 9.00. The minimum absolute atomic E-state index is 0.118. The summed E-state index contributed by atoms with van der Waals surface area (Å²) in [4.78, 5) is 24.7. The summed E-state index contributed by atoms with van der Waals surface area (Å²) < 4.78 is 1.59. The number of carbonyl (C=O) groups is 2. The molecule has 6 heteroatoms. The van der Waals surface area contributed by atoms with Gasteiger partial charge in [0.1, 0.15) is 0 Å². The number of amides is 1. The van der Waals surface area contributed by atoms with Crippen molar-refractivity contribution in [3.63, 3.8) is 0 Å². The van der Waals surface area contributed by atoms with Crippen molar-refractivity contribution in [1.29, 1.82) is 0 Å². The molecular formula is C19H31N3O3. The zero-order valence-electron chi connectivity index (χ0n) is 16.3. The topological polar surface area (TPSA) is 84.2 Å². The zero-order chi connectivity index (χ0) is 19.0. The molecule has 1 aromatic heterocycles. The third kappa shape index (κ3) is 4.29. The Morgan fingerprint density at radius 3 is 2.28 bits per heavy atom. The maximum atomic E-state index is 12.4. The second-order valence-electron chi connectivity index (χ2n) is 8.55. The quantitative estimate of drug-likeness (QED) is 0.645. The summed E-state index contributed by atoms with van der Waals surface area (Å²) >= 11 is 0. The second kappa shape index (κ2) is 6.90. The number of nitrogens with zero attached hydrogens (tertiary/aromatic N) is 2. The lowest BCUT2D eigenvalue weighted by atomic mass is 9.68. The van der Waals surface area contributed by atoms with Crippen LogP contribution < -0.4 is 5.32 Å². The van der Waals surface area contributed by atoms with Gasteiger partial charge < -0.3 is 10.4 Å². The number of carbonyl (C=O) groups excluding carboxylic acids is 2. The standard InChI is InChI=1S/C19H31N3O3/c1-12-15(13(2)22(6)21-12)16(23)17(24)20-11-19(25)9-7-14(8-10-19)18(3,4)5/h14,25H,7-11H2,1-6H3,(H,20,24). The normalized spacial score (nSPS) is 24.2. The summed E-state index contributed by atoms with van der Waals surface area (Å²) in [5, 5.41) is 17.5. The molecule has 0 aliphatic heterocycles. The predicted molar refractivity (Wildman–Crippen MR) is 96.4 cm³/mol. The summed E-state index contributed by atoms with van der Waals surface area (Å²) in [5.41, 5.74) is 0.877. The number of hydrogen-bond acceptors (Lipinski definition) is 4. The van der Waals surface area contributed by atoms with E-state index in [1.54, 1.807) is 25.6 Å². The molecule has 1 aliphatic rings. The Morgan fingerprint density at radius 2 is 1.84 bits per heavy atom. The van der Waals surface area contributed by atoms with Crippen LogP contribution in [0, 0.1) is 25.2 Å². The molecule has 1 aliphatic carbocycles. The summed E-state index contributed by atoms with van der Waals surface area (Å²) in [5.74, 6) is -0.688. The highest BCUT2D eigenvalue weighted by Crippen LogP contribution is 2.41. The van der Waals surface area contributed by atoms with Crippen LogP contribution in [0.1, 0.15) is 68.2 Å². The molecular weight excluding hydrogens is 318 g/mol. The van der Waals surface area contributed by atoms with Gasteiger partial charge in [0.15, 0.2) is 0 Å². The van der Waals surface area contributed by atoms with E-state index in [2.05, 4.69) is 31.2 Å². The maximum absolute atomic E-state index is 12.4. The Kier molecular flexibility index (Phi) is 5.42. The van der Waals surface area contributed by atoms with E-state index in [1.807, 2.05) is 0 Å². The van der Waals surface area contributed by atoms with E-state index in [0.29, 0.717) is 35.7 Å². The highest BCUT2D eigenvalue weighted by Gasteiger charge is 2.38. The van der Waals surface area contributed by atoms with Crippen LogP contribution in [0.15, 0.2) is 0 Å². The Bertz CT molecular complexity index is 662. The number of Topliss-reactive ketones (excluding diaryl/α,β-unsaturated/α-hetero) is 1. The fourth-order valence-electron chi connectivity index (χ4n) is 3.74. The Hall–Kier alpha value is -1.69. The van der Waals surface area contributed by atoms with Crippen LogP contribution in [0.25, 0.3) is 0 Å². The van der Waals surface area contributed by atoms with Gasteiger partial charge in [-0.2, -0.15) is 5.10 Å². The van der Waals surface area contributed by atoms with Gasteiger partial charge in [0, 0.05) is 19.3 Å². The van der Waals surface area contributed by atoms with Crippen LogP contribution in [0.3, 0.4) is 0 Å². The van der Waals surface area contributed by atoms with E-state index in [9.17, 15) is 14.7 Å². The molecule has 1 amide bonds. The van der Waals surface area contributed by atoms with E-state index in [0.717, 1.165) is 12.8 Å². The van der Waals surface area contributed by atoms with Gasteiger partial charge in [-0.1, -0.05) is 20.8 Å². The molecule has 0 atom stereocenters. The molecule has 25 heavy (non-hydrogen) atoms. The van der Waals surface area contributed by atoms with Gasteiger partial charge in [0.2, 0.25) is 0 Å². The van der Waals surface area contributed by atoms with E-state index in [-0.39, 0.29) is 12.0 Å². The lowest BCUT2D eigenvalue weighted by molar-refractivity contribution is -0.118. The molecule has 1 heterocycles. The molecule has 0 aromatic carbocycles. The molecule has 0 spiro atoms. The number of rotatable bonds is 4. The van der Waals surface area contributed by atoms with E-state index in [1.165, 1.54) is 0 Å². The zero-order valence-corrected chi connectivity index (χ0v) is 16.3. The number of aryl methyl sites for hydroxylation is 2. The van der Waals surface area contributed by atoms with Crippen molar-refractivity contribution in [3.05, 3.63) is 17.0 Å².